The van der Waals surface area contributed by atoms with Gasteiger partial charge in [0.2, 0.25) is 0 Å². The van der Waals surface area contributed by atoms with Gasteiger partial charge in [0.1, 0.15) is 21.2 Å². The van der Waals surface area contributed by atoms with Crippen molar-refractivity contribution >= 4 is 37.6 Å². The van der Waals surface area contributed by atoms with Gasteiger partial charge in [-0.3, -0.25) is 4.79 Å². The van der Waals surface area contributed by atoms with Gasteiger partial charge < -0.3 is 8.83 Å². The summed E-state index contributed by atoms with van der Waals surface area (Å²) in [5.74, 6) is 1.10. The van der Waals surface area contributed by atoms with E-state index in [0.29, 0.717) is 11.5 Å². The lowest BCUT2D eigenvalue weighted by molar-refractivity contribution is -0.118. The third-order valence-electron chi connectivity index (χ3n) is 2.09. The maximum absolute atomic E-state index is 12.0. The summed E-state index contributed by atoms with van der Waals surface area (Å²) in [6.45, 7) is 0. The molecule has 84 valence electrons. The lowest BCUT2D eigenvalue weighted by Gasteiger charge is -2.09. The van der Waals surface area contributed by atoms with Crippen LogP contribution in [-0.2, 0) is 4.79 Å². The van der Waals surface area contributed by atoms with Crippen LogP contribution < -0.4 is 0 Å². The summed E-state index contributed by atoms with van der Waals surface area (Å²) in [5, 5.41) is 0. The summed E-state index contributed by atoms with van der Waals surface area (Å²) in [5.41, 5.74) is 0. The molecule has 2 aromatic rings. The first-order valence-electron chi connectivity index (χ1n) is 4.59. The predicted molar refractivity (Wildman–Crippen MR) is 65.8 cm³/mol. The summed E-state index contributed by atoms with van der Waals surface area (Å²) in [6.07, 6.45) is 3.07. The SMILES string of the molecule is O=C(C(Br)c1ccco1)C(Br)c1ccco1. The van der Waals surface area contributed by atoms with Crippen molar-refractivity contribution in [2.24, 2.45) is 0 Å². The van der Waals surface area contributed by atoms with Crippen LogP contribution in [-0.4, -0.2) is 5.78 Å². The number of ketones is 1. The van der Waals surface area contributed by atoms with Gasteiger partial charge in [-0.05, 0) is 24.3 Å². The Morgan fingerprint density at radius 2 is 1.44 bits per heavy atom. The first-order chi connectivity index (χ1) is 7.70. The fraction of sp³-hybridized carbons (Fsp3) is 0.182. The summed E-state index contributed by atoms with van der Waals surface area (Å²) < 4.78 is 10.3. The van der Waals surface area contributed by atoms with E-state index in [-0.39, 0.29) is 5.78 Å². The van der Waals surface area contributed by atoms with Crippen molar-refractivity contribution < 1.29 is 13.6 Å². The Morgan fingerprint density at radius 3 is 1.75 bits per heavy atom. The van der Waals surface area contributed by atoms with Gasteiger partial charge in [0.05, 0.1) is 12.5 Å². The number of furan rings is 2. The number of carbonyl (C=O) groups excluding carboxylic acids is 1. The smallest absolute Gasteiger partial charge is 0.175 e. The molecule has 0 aliphatic carbocycles. The van der Waals surface area contributed by atoms with Crippen LogP contribution in [0.15, 0.2) is 45.6 Å². The van der Waals surface area contributed by atoms with Gasteiger partial charge in [-0.1, -0.05) is 31.9 Å². The Labute approximate surface area is 109 Å². The van der Waals surface area contributed by atoms with E-state index in [1.54, 1.807) is 24.3 Å². The molecule has 2 atom stereocenters. The average Bonchev–Trinajstić information content (AvgIpc) is 2.97. The molecule has 3 nitrogen and oxygen atoms in total. The van der Waals surface area contributed by atoms with Crippen LogP contribution in [0.25, 0.3) is 0 Å². The highest BCUT2D eigenvalue weighted by atomic mass is 79.9. The van der Waals surface area contributed by atoms with Crippen LogP contribution >= 0.6 is 31.9 Å². The highest BCUT2D eigenvalue weighted by Gasteiger charge is 2.28. The van der Waals surface area contributed by atoms with E-state index in [2.05, 4.69) is 31.9 Å². The summed E-state index contributed by atoms with van der Waals surface area (Å²) in [4.78, 5) is 11.1. The molecule has 0 bridgehead atoms. The average molecular weight is 348 g/mol. The zero-order valence-electron chi connectivity index (χ0n) is 8.10. The Morgan fingerprint density at radius 1 is 1.00 bits per heavy atom. The van der Waals surface area contributed by atoms with Gasteiger partial charge in [-0.25, -0.2) is 0 Å². The van der Waals surface area contributed by atoms with E-state index < -0.39 is 9.65 Å². The second-order valence-electron chi connectivity index (χ2n) is 3.16. The third-order valence-corrected chi connectivity index (χ3v) is 3.89. The first kappa shape index (κ1) is 11.7. The number of Topliss-reactive ketones (excluding diaryl/α,β-unsaturated/α-hetero) is 1. The molecular weight excluding hydrogens is 340 g/mol. The second-order valence-corrected chi connectivity index (χ2v) is 4.99. The number of carbonyl (C=O) groups is 1. The Bertz CT molecular complexity index is 405. The molecule has 0 spiro atoms. The standard InChI is InChI=1S/C11H8Br2O3/c12-9(7-3-1-5-15-7)11(14)10(13)8-4-2-6-16-8/h1-6,9-10H. The van der Waals surface area contributed by atoms with Gasteiger partial charge in [0.15, 0.2) is 5.78 Å². The van der Waals surface area contributed by atoms with Crippen molar-refractivity contribution in [1.82, 2.24) is 0 Å². The predicted octanol–water partition coefficient (Wildman–Crippen LogP) is 4.01. The number of hydrogen-bond donors (Lipinski definition) is 0. The van der Waals surface area contributed by atoms with E-state index in [0.717, 1.165) is 0 Å². The van der Waals surface area contributed by atoms with Gasteiger partial charge in [0, 0.05) is 0 Å². The van der Waals surface area contributed by atoms with E-state index >= 15 is 0 Å². The molecule has 0 saturated heterocycles. The highest BCUT2D eigenvalue weighted by molar-refractivity contribution is 9.10. The van der Waals surface area contributed by atoms with Gasteiger partial charge >= 0.3 is 0 Å². The lowest BCUT2D eigenvalue weighted by atomic mass is 10.1. The summed E-state index contributed by atoms with van der Waals surface area (Å²) in [6, 6.07) is 6.98. The van der Waals surface area contributed by atoms with Crippen molar-refractivity contribution in [3.05, 3.63) is 48.3 Å². The van der Waals surface area contributed by atoms with Crippen LogP contribution in [0.1, 0.15) is 21.2 Å². The molecule has 16 heavy (non-hydrogen) atoms. The van der Waals surface area contributed by atoms with Crippen LogP contribution in [0.3, 0.4) is 0 Å². The monoisotopic (exact) mass is 346 g/mol. The maximum atomic E-state index is 12.0. The fourth-order valence-corrected chi connectivity index (χ4v) is 2.68. The first-order valence-corrected chi connectivity index (χ1v) is 6.42. The molecule has 0 N–H and O–H groups in total. The molecule has 5 heteroatoms. The molecule has 2 aromatic heterocycles. The minimum Gasteiger partial charge on any atom is -0.468 e. The quantitative estimate of drug-likeness (QED) is 0.785. The zero-order valence-corrected chi connectivity index (χ0v) is 11.3. The Balaban J connectivity index is 2.14. The molecule has 0 aromatic carbocycles. The van der Waals surface area contributed by atoms with Crippen LogP contribution in [0.5, 0.6) is 0 Å². The van der Waals surface area contributed by atoms with Crippen LogP contribution in [0.2, 0.25) is 0 Å². The van der Waals surface area contributed by atoms with Gasteiger partial charge in [-0.2, -0.15) is 0 Å². The van der Waals surface area contributed by atoms with Crippen molar-refractivity contribution in [2.75, 3.05) is 0 Å². The summed E-state index contributed by atoms with van der Waals surface area (Å²) in [7, 11) is 0. The minimum absolute atomic E-state index is 0.0649. The molecule has 0 radical (unpaired) electrons. The molecule has 0 saturated carbocycles. The van der Waals surface area contributed by atoms with E-state index in [1.807, 2.05) is 0 Å². The van der Waals surface area contributed by atoms with E-state index in [1.165, 1.54) is 12.5 Å². The number of alkyl halides is 2. The van der Waals surface area contributed by atoms with Gasteiger partial charge in [-0.15, -0.1) is 0 Å². The van der Waals surface area contributed by atoms with Crippen molar-refractivity contribution in [2.45, 2.75) is 9.65 Å². The fourth-order valence-electron chi connectivity index (χ4n) is 1.28. The second kappa shape index (κ2) is 5.01. The molecular formula is C11H8Br2O3. The molecule has 0 fully saturated rings. The molecule has 0 aliphatic rings. The van der Waals surface area contributed by atoms with Crippen molar-refractivity contribution in [3.63, 3.8) is 0 Å². The minimum atomic E-state index is -0.475. The molecule has 2 heterocycles. The molecule has 0 aliphatic heterocycles. The molecule has 2 unspecified atom stereocenters. The van der Waals surface area contributed by atoms with Crippen LogP contribution in [0.4, 0.5) is 0 Å². The molecule has 2 rings (SSSR count). The lowest BCUT2D eigenvalue weighted by Crippen LogP contribution is -2.11. The van der Waals surface area contributed by atoms with Gasteiger partial charge in [0.25, 0.3) is 0 Å². The third kappa shape index (κ3) is 2.30. The van der Waals surface area contributed by atoms with E-state index in [9.17, 15) is 4.79 Å². The normalized spacial score (nSPS) is 14.6. The number of halogens is 2. The Hall–Kier alpha value is -0.810. The van der Waals surface area contributed by atoms with Crippen LogP contribution in [0, 0.1) is 0 Å². The number of rotatable bonds is 4. The molecule has 0 amide bonds. The topological polar surface area (TPSA) is 43.4 Å². The van der Waals surface area contributed by atoms with Crippen molar-refractivity contribution in [1.29, 1.82) is 0 Å². The van der Waals surface area contributed by atoms with Crippen molar-refractivity contribution in [3.8, 4) is 0 Å². The number of hydrogen-bond acceptors (Lipinski definition) is 3. The largest absolute Gasteiger partial charge is 0.468 e. The van der Waals surface area contributed by atoms with E-state index in [4.69, 9.17) is 8.83 Å². The zero-order chi connectivity index (χ0) is 11.5. The maximum Gasteiger partial charge on any atom is 0.175 e. The highest BCUT2D eigenvalue weighted by Crippen LogP contribution is 2.34. The Kier molecular flexibility index (Phi) is 3.66. The summed E-state index contributed by atoms with van der Waals surface area (Å²) >= 11 is 6.60.